The molecule has 0 spiro atoms. The number of amidine groups is 1. The summed E-state index contributed by atoms with van der Waals surface area (Å²) in [7, 11) is 1.56. The van der Waals surface area contributed by atoms with Crippen LogP contribution in [0.25, 0.3) is 0 Å². The Balaban J connectivity index is 0.00000155. The Bertz CT molecular complexity index is 919. The van der Waals surface area contributed by atoms with Crippen LogP contribution in [0.3, 0.4) is 0 Å². The zero-order valence-corrected chi connectivity index (χ0v) is 17.3. The number of halogens is 4. The standard InChI is InChI=1S/C17H15ClF3N5O2.C2H6/c1-25-9-14(17(19,20)21)24-16(25)11-4-2-10(3-5-11)7-22-12-6-15(18)23-8-13(12)26(27)28;1-2/h2-6,8,14H,7,9H2,1H3,(H,22,23);1-2H3. The molecule has 1 aliphatic rings. The van der Waals surface area contributed by atoms with Gasteiger partial charge in [-0.2, -0.15) is 13.2 Å². The van der Waals surface area contributed by atoms with E-state index in [1.165, 1.54) is 11.0 Å². The van der Waals surface area contributed by atoms with Crippen LogP contribution in [0.2, 0.25) is 5.15 Å². The van der Waals surface area contributed by atoms with E-state index in [0.29, 0.717) is 5.56 Å². The van der Waals surface area contributed by atoms with Crippen molar-refractivity contribution in [2.75, 3.05) is 18.9 Å². The lowest BCUT2D eigenvalue weighted by Gasteiger charge is -2.16. The average molecular weight is 444 g/mol. The summed E-state index contributed by atoms with van der Waals surface area (Å²) in [5.74, 6) is 0.276. The van der Waals surface area contributed by atoms with Gasteiger partial charge in [-0.25, -0.2) is 4.98 Å². The van der Waals surface area contributed by atoms with Gasteiger partial charge in [-0.05, 0) is 5.56 Å². The lowest BCUT2D eigenvalue weighted by Crippen LogP contribution is -2.32. The van der Waals surface area contributed by atoms with Crippen molar-refractivity contribution < 1.29 is 18.1 Å². The molecule has 0 radical (unpaired) electrons. The largest absolute Gasteiger partial charge is 0.412 e. The number of pyridine rings is 1. The number of likely N-dealkylation sites (N-methyl/N-ethyl adjacent to an activating group) is 1. The highest BCUT2D eigenvalue weighted by atomic mass is 35.5. The molecule has 11 heteroatoms. The minimum atomic E-state index is -4.37. The lowest BCUT2D eigenvalue weighted by atomic mass is 10.1. The van der Waals surface area contributed by atoms with E-state index in [1.54, 1.807) is 31.3 Å². The van der Waals surface area contributed by atoms with E-state index < -0.39 is 17.1 Å². The van der Waals surface area contributed by atoms with Gasteiger partial charge in [0.1, 0.15) is 22.9 Å². The van der Waals surface area contributed by atoms with Crippen LogP contribution in [0.15, 0.2) is 41.5 Å². The number of aliphatic imine (C=N–C) groups is 1. The van der Waals surface area contributed by atoms with Crippen molar-refractivity contribution in [3.63, 3.8) is 0 Å². The molecule has 0 bridgehead atoms. The van der Waals surface area contributed by atoms with E-state index in [-0.39, 0.29) is 35.5 Å². The Labute approximate surface area is 176 Å². The first-order valence-electron chi connectivity index (χ1n) is 9.14. The van der Waals surface area contributed by atoms with E-state index in [2.05, 4.69) is 15.3 Å². The first-order chi connectivity index (χ1) is 14.1. The molecule has 7 nitrogen and oxygen atoms in total. The Morgan fingerprint density at radius 2 is 1.93 bits per heavy atom. The monoisotopic (exact) mass is 443 g/mol. The van der Waals surface area contributed by atoms with Crippen molar-refractivity contribution in [1.82, 2.24) is 9.88 Å². The Morgan fingerprint density at radius 3 is 2.47 bits per heavy atom. The number of alkyl halides is 3. The maximum Gasteiger partial charge on any atom is 0.412 e. The predicted molar refractivity (Wildman–Crippen MR) is 110 cm³/mol. The average Bonchev–Trinajstić information content (AvgIpc) is 3.10. The molecule has 1 unspecified atom stereocenters. The summed E-state index contributed by atoms with van der Waals surface area (Å²) in [6.07, 6.45) is -3.31. The maximum atomic E-state index is 12.9. The minimum absolute atomic E-state index is 0.116. The molecular formula is C19H21ClF3N5O2. The molecule has 0 saturated carbocycles. The third kappa shape index (κ3) is 5.59. The van der Waals surface area contributed by atoms with Crippen molar-refractivity contribution >= 4 is 28.8 Å². The molecule has 2 heterocycles. The van der Waals surface area contributed by atoms with Crippen LogP contribution in [0.5, 0.6) is 0 Å². The summed E-state index contributed by atoms with van der Waals surface area (Å²) in [5.41, 5.74) is 1.36. The predicted octanol–water partition coefficient (Wildman–Crippen LogP) is 4.90. The molecule has 1 aromatic carbocycles. The van der Waals surface area contributed by atoms with Crippen molar-refractivity contribution in [2.24, 2.45) is 4.99 Å². The van der Waals surface area contributed by atoms with Crippen LogP contribution >= 0.6 is 11.6 Å². The van der Waals surface area contributed by atoms with Gasteiger partial charge in [-0.3, -0.25) is 15.1 Å². The van der Waals surface area contributed by atoms with Gasteiger partial charge in [-0.1, -0.05) is 49.7 Å². The normalized spacial score (nSPS) is 15.9. The third-order valence-electron chi connectivity index (χ3n) is 4.21. The second-order valence-corrected chi connectivity index (χ2v) is 6.61. The highest BCUT2D eigenvalue weighted by Gasteiger charge is 2.44. The third-order valence-corrected chi connectivity index (χ3v) is 4.41. The topological polar surface area (TPSA) is 83.7 Å². The lowest BCUT2D eigenvalue weighted by molar-refractivity contribution is -0.384. The quantitative estimate of drug-likeness (QED) is 0.403. The molecule has 0 amide bonds. The van der Waals surface area contributed by atoms with Gasteiger partial charge in [0.25, 0.3) is 0 Å². The molecule has 1 N–H and O–H groups in total. The second kappa shape index (κ2) is 9.75. The van der Waals surface area contributed by atoms with Gasteiger partial charge >= 0.3 is 11.9 Å². The number of anilines is 1. The number of nitrogens with zero attached hydrogens (tertiary/aromatic N) is 4. The fraction of sp³-hybridized carbons (Fsp3) is 0.368. The first kappa shape index (κ1) is 23.4. The molecule has 1 atom stereocenters. The Hall–Kier alpha value is -2.88. The molecule has 0 saturated heterocycles. The van der Waals surface area contributed by atoms with Gasteiger partial charge < -0.3 is 10.2 Å². The van der Waals surface area contributed by atoms with Gasteiger partial charge in [0.05, 0.1) is 11.5 Å². The molecule has 2 aromatic rings. The van der Waals surface area contributed by atoms with E-state index in [9.17, 15) is 23.3 Å². The van der Waals surface area contributed by atoms with E-state index >= 15 is 0 Å². The van der Waals surface area contributed by atoms with Gasteiger partial charge in [0.15, 0.2) is 6.04 Å². The van der Waals surface area contributed by atoms with Crippen LogP contribution in [0.4, 0.5) is 24.5 Å². The number of rotatable bonds is 5. The van der Waals surface area contributed by atoms with Crippen LogP contribution < -0.4 is 5.32 Å². The van der Waals surface area contributed by atoms with E-state index in [4.69, 9.17) is 11.6 Å². The zero-order chi connectivity index (χ0) is 22.5. The summed E-state index contributed by atoms with van der Waals surface area (Å²) in [4.78, 5) is 19.4. The number of aromatic nitrogens is 1. The van der Waals surface area contributed by atoms with Gasteiger partial charge in [0, 0.05) is 25.2 Å². The molecule has 3 rings (SSSR count). The highest BCUT2D eigenvalue weighted by molar-refractivity contribution is 6.29. The molecular weight excluding hydrogens is 423 g/mol. The molecule has 0 fully saturated rings. The fourth-order valence-electron chi connectivity index (χ4n) is 2.78. The summed E-state index contributed by atoms with van der Waals surface area (Å²) in [5, 5.41) is 14.1. The SMILES string of the molecule is CC.CN1CC(C(F)(F)F)N=C1c1ccc(CNc2cc(Cl)ncc2[N+](=O)[O-])cc1. The van der Waals surface area contributed by atoms with Crippen molar-refractivity contribution in [3.05, 3.63) is 62.9 Å². The minimum Gasteiger partial charge on any atom is -0.375 e. The number of nitro groups is 1. The zero-order valence-electron chi connectivity index (χ0n) is 16.6. The molecule has 1 aromatic heterocycles. The fourth-order valence-corrected chi connectivity index (χ4v) is 2.94. The maximum absolute atomic E-state index is 12.9. The van der Waals surface area contributed by atoms with Crippen molar-refractivity contribution in [3.8, 4) is 0 Å². The Kier molecular flexibility index (Phi) is 7.60. The van der Waals surface area contributed by atoms with Crippen LogP contribution in [-0.2, 0) is 6.54 Å². The number of benzene rings is 1. The first-order valence-corrected chi connectivity index (χ1v) is 9.51. The molecule has 1 aliphatic heterocycles. The summed E-state index contributed by atoms with van der Waals surface area (Å²) >= 11 is 5.78. The highest BCUT2D eigenvalue weighted by Crippen LogP contribution is 2.29. The molecule has 162 valence electrons. The van der Waals surface area contributed by atoms with Crippen molar-refractivity contribution in [2.45, 2.75) is 32.6 Å². The Morgan fingerprint density at radius 1 is 1.30 bits per heavy atom. The van der Waals surface area contributed by atoms with Crippen LogP contribution in [0.1, 0.15) is 25.0 Å². The molecule has 0 aliphatic carbocycles. The smallest absolute Gasteiger partial charge is 0.375 e. The summed E-state index contributed by atoms with van der Waals surface area (Å²) < 4.78 is 38.6. The van der Waals surface area contributed by atoms with Gasteiger partial charge in [0.2, 0.25) is 0 Å². The number of hydrogen-bond donors (Lipinski definition) is 1. The molecule has 30 heavy (non-hydrogen) atoms. The second-order valence-electron chi connectivity index (χ2n) is 6.22. The number of nitrogens with one attached hydrogen (secondary N) is 1. The summed E-state index contributed by atoms with van der Waals surface area (Å²) in [6, 6.07) is 6.39. The van der Waals surface area contributed by atoms with E-state index in [0.717, 1.165) is 11.8 Å². The van der Waals surface area contributed by atoms with Gasteiger partial charge in [-0.15, -0.1) is 0 Å². The van der Waals surface area contributed by atoms with E-state index in [1.807, 2.05) is 13.8 Å². The number of hydrogen-bond acceptors (Lipinski definition) is 6. The van der Waals surface area contributed by atoms with Crippen LogP contribution in [-0.4, -0.2) is 46.5 Å². The summed E-state index contributed by atoms with van der Waals surface area (Å²) in [6.45, 7) is 4.05. The van der Waals surface area contributed by atoms with Crippen molar-refractivity contribution in [1.29, 1.82) is 0 Å². The van der Waals surface area contributed by atoms with Crippen LogP contribution in [0, 0.1) is 10.1 Å².